The Kier molecular flexibility index (Phi) is 13.0. The van der Waals surface area contributed by atoms with Crippen LogP contribution in [0.2, 0.25) is 0 Å². The van der Waals surface area contributed by atoms with Crippen LogP contribution in [0.15, 0.2) is 35.3 Å². The molecular formula is C23H40IN5O. The fourth-order valence-corrected chi connectivity index (χ4v) is 3.43. The minimum atomic E-state index is 0. The molecule has 0 aliphatic carbocycles. The number of benzene rings is 1. The number of carbonyl (C=O) groups is 1. The first-order valence-corrected chi connectivity index (χ1v) is 11.0. The van der Waals surface area contributed by atoms with E-state index in [1.165, 1.54) is 12.0 Å². The van der Waals surface area contributed by atoms with Crippen molar-refractivity contribution in [1.82, 2.24) is 20.4 Å². The molecule has 1 amide bonds. The third-order valence-electron chi connectivity index (χ3n) is 5.30. The molecule has 1 fully saturated rings. The summed E-state index contributed by atoms with van der Waals surface area (Å²) in [5.74, 6) is 1.49. The van der Waals surface area contributed by atoms with Crippen LogP contribution in [0.25, 0.3) is 0 Å². The number of aliphatic imine (C=N–C) groups is 1. The zero-order valence-electron chi connectivity index (χ0n) is 19.1. The number of carbonyl (C=O) groups excluding carboxylic acids is 1. The van der Waals surface area contributed by atoms with Crippen LogP contribution < -0.4 is 10.6 Å². The number of guanidine groups is 1. The Morgan fingerprint density at radius 2 is 1.87 bits per heavy atom. The van der Waals surface area contributed by atoms with Gasteiger partial charge >= 0.3 is 0 Å². The second-order valence-electron chi connectivity index (χ2n) is 8.60. The lowest BCUT2D eigenvalue weighted by Crippen LogP contribution is -2.49. The van der Waals surface area contributed by atoms with Crippen molar-refractivity contribution in [3.05, 3.63) is 35.9 Å². The van der Waals surface area contributed by atoms with Crippen molar-refractivity contribution in [2.75, 3.05) is 40.3 Å². The maximum atomic E-state index is 11.9. The summed E-state index contributed by atoms with van der Waals surface area (Å²) < 4.78 is 0. The highest BCUT2D eigenvalue weighted by Gasteiger charge is 2.20. The van der Waals surface area contributed by atoms with Crippen molar-refractivity contribution in [1.29, 1.82) is 0 Å². The van der Waals surface area contributed by atoms with Gasteiger partial charge in [0.2, 0.25) is 5.91 Å². The van der Waals surface area contributed by atoms with Crippen molar-refractivity contribution in [2.45, 2.75) is 52.1 Å². The molecule has 30 heavy (non-hydrogen) atoms. The molecule has 0 bridgehead atoms. The van der Waals surface area contributed by atoms with Crippen LogP contribution in [0.3, 0.4) is 0 Å². The zero-order chi connectivity index (χ0) is 21.1. The first-order chi connectivity index (χ1) is 13.9. The first-order valence-electron chi connectivity index (χ1n) is 11.0. The van der Waals surface area contributed by atoms with Gasteiger partial charge in [0.1, 0.15) is 6.54 Å². The lowest BCUT2D eigenvalue weighted by Gasteiger charge is -2.33. The molecule has 0 saturated carbocycles. The van der Waals surface area contributed by atoms with E-state index >= 15 is 0 Å². The highest BCUT2D eigenvalue weighted by Crippen LogP contribution is 2.14. The number of nitrogens with one attached hydrogen (secondary N) is 2. The number of amides is 1. The van der Waals surface area contributed by atoms with E-state index in [0.29, 0.717) is 12.0 Å². The SMILES string of the molecule is CC(C)CCCNC(=NCC(=O)N(C)C)NC1CCN(Cc2ccccc2)CC1.I. The third kappa shape index (κ3) is 10.6. The van der Waals surface area contributed by atoms with Crippen LogP contribution in [-0.2, 0) is 11.3 Å². The summed E-state index contributed by atoms with van der Waals surface area (Å²) in [4.78, 5) is 20.6. The topological polar surface area (TPSA) is 60.0 Å². The summed E-state index contributed by atoms with van der Waals surface area (Å²) in [6.07, 6.45) is 4.46. The van der Waals surface area contributed by atoms with Crippen LogP contribution in [0.1, 0.15) is 45.1 Å². The highest BCUT2D eigenvalue weighted by atomic mass is 127. The minimum Gasteiger partial charge on any atom is -0.356 e. The molecule has 2 rings (SSSR count). The quantitative estimate of drug-likeness (QED) is 0.223. The van der Waals surface area contributed by atoms with E-state index in [1.54, 1.807) is 19.0 Å². The highest BCUT2D eigenvalue weighted by molar-refractivity contribution is 14.0. The number of likely N-dealkylation sites (N-methyl/N-ethyl adjacent to an activating group) is 1. The van der Waals surface area contributed by atoms with Gasteiger partial charge in [-0.05, 0) is 37.2 Å². The second-order valence-corrected chi connectivity index (χ2v) is 8.60. The van der Waals surface area contributed by atoms with Crippen LogP contribution in [0.4, 0.5) is 0 Å². The predicted molar refractivity (Wildman–Crippen MR) is 136 cm³/mol. The van der Waals surface area contributed by atoms with Gasteiger partial charge in [-0.2, -0.15) is 0 Å². The Labute approximate surface area is 199 Å². The molecular weight excluding hydrogens is 489 g/mol. The molecule has 1 aliphatic heterocycles. The molecule has 0 spiro atoms. The standard InChI is InChI=1S/C23H39N5O.HI/c1-19(2)9-8-14-24-23(25-17-22(29)27(3)4)26-21-12-15-28(16-13-21)18-20-10-6-5-7-11-20;/h5-7,10-11,19,21H,8-9,12-18H2,1-4H3,(H2,24,25,26);1H. The molecule has 0 aromatic heterocycles. The van der Waals surface area contributed by atoms with Crippen molar-refractivity contribution >= 4 is 35.8 Å². The number of piperidine rings is 1. The molecule has 6 nitrogen and oxygen atoms in total. The molecule has 0 radical (unpaired) electrons. The van der Waals surface area contributed by atoms with Crippen molar-refractivity contribution in [3.8, 4) is 0 Å². The van der Waals surface area contributed by atoms with Crippen LogP contribution in [0, 0.1) is 5.92 Å². The van der Waals surface area contributed by atoms with Gasteiger partial charge in [0, 0.05) is 46.3 Å². The largest absolute Gasteiger partial charge is 0.356 e. The second kappa shape index (κ2) is 14.6. The van der Waals surface area contributed by atoms with Gasteiger partial charge in [0.15, 0.2) is 5.96 Å². The molecule has 1 saturated heterocycles. The van der Waals surface area contributed by atoms with E-state index < -0.39 is 0 Å². The molecule has 170 valence electrons. The van der Waals surface area contributed by atoms with Crippen LogP contribution in [0.5, 0.6) is 0 Å². The average Bonchev–Trinajstić information content (AvgIpc) is 2.70. The maximum absolute atomic E-state index is 11.9. The Hall–Kier alpha value is -1.35. The average molecular weight is 530 g/mol. The van der Waals surface area contributed by atoms with Gasteiger partial charge in [-0.3, -0.25) is 9.69 Å². The molecule has 1 aliphatic rings. The molecule has 0 atom stereocenters. The lowest BCUT2D eigenvalue weighted by atomic mass is 10.0. The number of hydrogen-bond donors (Lipinski definition) is 2. The third-order valence-corrected chi connectivity index (χ3v) is 5.30. The zero-order valence-corrected chi connectivity index (χ0v) is 21.4. The Morgan fingerprint density at radius 1 is 1.20 bits per heavy atom. The number of hydrogen-bond acceptors (Lipinski definition) is 3. The first kappa shape index (κ1) is 26.7. The van der Waals surface area contributed by atoms with Gasteiger partial charge in [0.05, 0.1) is 0 Å². The maximum Gasteiger partial charge on any atom is 0.243 e. The Bertz CT molecular complexity index is 628. The van der Waals surface area contributed by atoms with Crippen molar-refractivity contribution in [3.63, 3.8) is 0 Å². The van der Waals surface area contributed by atoms with Gasteiger partial charge in [-0.25, -0.2) is 4.99 Å². The van der Waals surface area contributed by atoms with E-state index in [9.17, 15) is 4.79 Å². The molecule has 0 unspecified atom stereocenters. The summed E-state index contributed by atoms with van der Waals surface area (Å²) in [6, 6.07) is 11.1. The summed E-state index contributed by atoms with van der Waals surface area (Å²) in [5.41, 5.74) is 1.37. The summed E-state index contributed by atoms with van der Waals surface area (Å²) in [5, 5.41) is 6.99. The molecule has 7 heteroatoms. The van der Waals surface area contributed by atoms with Crippen LogP contribution in [-0.4, -0.2) is 68.0 Å². The van der Waals surface area contributed by atoms with Crippen molar-refractivity contribution < 1.29 is 4.79 Å². The normalized spacial score (nSPS) is 15.6. The fourth-order valence-electron chi connectivity index (χ4n) is 3.43. The summed E-state index contributed by atoms with van der Waals surface area (Å²) in [7, 11) is 3.53. The van der Waals surface area contributed by atoms with Crippen molar-refractivity contribution in [2.24, 2.45) is 10.9 Å². The van der Waals surface area contributed by atoms with Gasteiger partial charge in [-0.1, -0.05) is 44.2 Å². The Balaban J connectivity index is 0.00000450. The summed E-state index contributed by atoms with van der Waals surface area (Å²) in [6.45, 7) is 8.71. The summed E-state index contributed by atoms with van der Waals surface area (Å²) >= 11 is 0. The van der Waals surface area contributed by atoms with Gasteiger partial charge < -0.3 is 15.5 Å². The van der Waals surface area contributed by atoms with Gasteiger partial charge in [-0.15, -0.1) is 24.0 Å². The number of halogens is 1. The lowest BCUT2D eigenvalue weighted by molar-refractivity contribution is -0.127. The number of likely N-dealkylation sites (tertiary alicyclic amines) is 1. The molecule has 1 heterocycles. The van der Waals surface area contributed by atoms with E-state index in [4.69, 9.17) is 0 Å². The smallest absolute Gasteiger partial charge is 0.243 e. The van der Waals surface area contributed by atoms with Gasteiger partial charge in [0.25, 0.3) is 0 Å². The monoisotopic (exact) mass is 529 g/mol. The van der Waals surface area contributed by atoms with E-state index in [-0.39, 0.29) is 36.4 Å². The Morgan fingerprint density at radius 3 is 2.47 bits per heavy atom. The van der Waals surface area contributed by atoms with E-state index in [0.717, 1.165) is 51.4 Å². The van der Waals surface area contributed by atoms with E-state index in [2.05, 4.69) is 64.7 Å². The predicted octanol–water partition coefficient (Wildman–Crippen LogP) is 3.33. The minimum absolute atomic E-state index is 0. The molecule has 2 N–H and O–H groups in total. The molecule has 1 aromatic carbocycles. The molecule has 1 aromatic rings. The number of rotatable bonds is 9. The van der Waals surface area contributed by atoms with Crippen LogP contribution >= 0.6 is 24.0 Å². The fraction of sp³-hybridized carbons (Fsp3) is 0.652. The number of nitrogens with zero attached hydrogens (tertiary/aromatic N) is 3. The van der Waals surface area contributed by atoms with E-state index in [1.807, 2.05) is 0 Å².